The Labute approximate surface area is 168 Å². The maximum atomic E-state index is 13.5. The molecule has 0 radical (unpaired) electrons. The molecule has 7 heteroatoms. The second-order valence-corrected chi connectivity index (χ2v) is 7.52. The van der Waals surface area contributed by atoms with Gasteiger partial charge in [0.25, 0.3) is 0 Å². The Hall–Kier alpha value is -3.16. The highest BCUT2D eigenvalue weighted by molar-refractivity contribution is 5.80. The summed E-state index contributed by atoms with van der Waals surface area (Å²) in [6.45, 7) is 2.35. The molecule has 4 rings (SSSR count). The fourth-order valence-corrected chi connectivity index (χ4v) is 3.38. The van der Waals surface area contributed by atoms with E-state index >= 15 is 0 Å². The SMILES string of the molecule is CCc1nccc(-c2c(-c3ccc(F)cc3)nc3cc(C[N+](C)(C)[O-])ccn23)n1. The summed E-state index contributed by atoms with van der Waals surface area (Å²) < 4.78 is 15.0. The Morgan fingerprint density at radius 2 is 1.83 bits per heavy atom. The van der Waals surface area contributed by atoms with Gasteiger partial charge in [-0.1, -0.05) is 6.92 Å². The van der Waals surface area contributed by atoms with Gasteiger partial charge in [0.1, 0.15) is 23.8 Å². The molecule has 0 amide bonds. The number of pyridine rings is 1. The fraction of sp³-hybridized carbons (Fsp3) is 0.227. The lowest BCUT2D eigenvalue weighted by Crippen LogP contribution is -2.31. The number of fused-ring (bicyclic) bond motifs is 1. The third-order valence-corrected chi connectivity index (χ3v) is 4.64. The molecule has 1 aromatic carbocycles. The van der Waals surface area contributed by atoms with Crippen LogP contribution in [-0.4, -0.2) is 38.1 Å². The Morgan fingerprint density at radius 3 is 2.52 bits per heavy atom. The lowest BCUT2D eigenvalue weighted by Gasteiger charge is -2.33. The van der Waals surface area contributed by atoms with Crippen molar-refractivity contribution < 1.29 is 9.04 Å². The van der Waals surface area contributed by atoms with Crippen LogP contribution in [0.1, 0.15) is 18.3 Å². The van der Waals surface area contributed by atoms with Crippen LogP contribution >= 0.6 is 0 Å². The van der Waals surface area contributed by atoms with Crippen LogP contribution in [0.2, 0.25) is 0 Å². The second-order valence-electron chi connectivity index (χ2n) is 7.52. The number of halogens is 1. The Morgan fingerprint density at radius 1 is 1.07 bits per heavy atom. The molecule has 0 fully saturated rings. The number of aromatic nitrogens is 4. The van der Waals surface area contributed by atoms with Crippen LogP contribution in [0.15, 0.2) is 54.9 Å². The normalized spacial score (nSPS) is 11.9. The van der Waals surface area contributed by atoms with E-state index in [9.17, 15) is 9.60 Å². The molecule has 0 saturated heterocycles. The maximum absolute atomic E-state index is 13.5. The van der Waals surface area contributed by atoms with Crippen molar-refractivity contribution in [2.45, 2.75) is 19.9 Å². The van der Waals surface area contributed by atoms with Crippen molar-refractivity contribution >= 4 is 5.65 Å². The zero-order chi connectivity index (χ0) is 20.6. The van der Waals surface area contributed by atoms with E-state index in [-0.39, 0.29) is 5.82 Å². The number of quaternary nitrogens is 1. The molecular weight excluding hydrogens is 369 g/mol. The van der Waals surface area contributed by atoms with Crippen molar-refractivity contribution in [2.24, 2.45) is 0 Å². The summed E-state index contributed by atoms with van der Waals surface area (Å²) in [6.07, 6.45) is 4.36. The van der Waals surface area contributed by atoms with Gasteiger partial charge < -0.3 is 9.85 Å². The van der Waals surface area contributed by atoms with Gasteiger partial charge in [-0.3, -0.25) is 4.40 Å². The topological polar surface area (TPSA) is 66.1 Å². The first-order chi connectivity index (χ1) is 13.8. The molecule has 0 aliphatic heterocycles. The van der Waals surface area contributed by atoms with Gasteiger partial charge in [0.2, 0.25) is 0 Å². The predicted molar refractivity (Wildman–Crippen MR) is 110 cm³/mol. The van der Waals surface area contributed by atoms with Crippen molar-refractivity contribution in [1.29, 1.82) is 0 Å². The van der Waals surface area contributed by atoms with Crippen LogP contribution < -0.4 is 0 Å². The van der Waals surface area contributed by atoms with E-state index in [0.717, 1.165) is 34.8 Å². The minimum Gasteiger partial charge on any atom is -0.633 e. The molecular formula is C22H22FN5O. The van der Waals surface area contributed by atoms with Crippen molar-refractivity contribution in [3.63, 3.8) is 0 Å². The van der Waals surface area contributed by atoms with Crippen LogP contribution in [0.5, 0.6) is 0 Å². The summed E-state index contributed by atoms with van der Waals surface area (Å²) in [4.78, 5) is 13.8. The van der Waals surface area contributed by atoms with E-state index in [2.05, 4.69) is 9.97 Å². The molecule has 6 nitrogen and oxygen atoms in total. The molecule has 0 saturated carbocycles. The first-order valence-corrected chi connectivity index (χ1v) is 9.47. The summed E-state index contributed by atoms with van der Waals surface area (Å²) in [5.74, 6) is 0.441. The summed E-state index contributed by atoms with van der Waals surface area (Å²) in [5, 5.41) is 12.1. The molecule has 148 valence electrons. The number of hydrogen-bond acceptors (Lipinski definition) is 4. The van der Waals surface area contributed by atoms with Gasteiger partial charge in [0, 0.05) is 29.9 Å². The van der Waals surface area contributed by atoms with Gasteiger partial charge in [0.15, 0.2) is 0 Å². The zero-order valence-corrected chi connectivity index (χ0v) is 16.6. The first-order valence-electron chi connectivity index (χ1n) is 9.47. The Balaban J connectivity index is 1.94. The second kappa shape index (κ2) is 7.35. The lowest BCUT2D eigenvalue weighted by molar-refractivity contribution is -0.853. The molecule has 0 atom stereocenters. The van der Waals surface area contributed by atoms with Gasteiger partial charge in [-0.15, -0.1) is 0 Å². The quantitative estimate of drug-likeness (QED) is 0.377. The Kier molecular flexibility index (Phi) is 4.86. The van der Waals surface area contributed by atoms with E-state index in [1.807, 2.05) is 35.7 Å². The van der Waals surface area contributed by atoms with Gasteiger partial charge in [-0.05, 0) is 42.5 Å². The minimum absolute atomic E-state index is 0.299. The number of rotatable bonds is 5. The van der Waals surface area contributed by atoms with Crippen LogP contribution in [0.25, 0.3) is 28.3 Å². The number of aryl methyl sites for hydroxylation is 1. The molecule has 0 N–H and O–H groups in total. The molecule has 0 unspecified atom stereocenters. The lowest BCUT2D eigenvalue weighted by atomic mass is 10.1. The highest BCUT2D eigenvalue weighted by Gasteiger charge is 2.18. The molecule has 29 heavy (non-hydrogen) atoms. The summed E-state index contributed by atoms with van der Waals surface area (Å²) in [6, 6.07) is 11.9. The van der Waals surface area contributed by atoms with E-state index in [0.29, 0.717) is 17.9 Å². The third kappa shape index (κ3) is 4.01. The van der Waals surface area contributed by atoms with Crippen LogP contribution in [-0.2, 0) is 13.0 Å². The first kappa shape index (κ1) is 19.2. The summed E-state index contributed by atoms with van der Waals surface area (Å²) in [7, 11) is 3.22. The standard InChI is InChI=1S/C22H22FN5O/c1-4-19-24-11-9-18(25-19)22-21(16-5-7-17(23)8-6-16)26-20-13-15(10-12-27(20)22)14-28(2,3)29/h5-13H,4,14H2,1-3H3. The van der Waals surface area contributed by atoms with Crippen molar-refractivity contribution in [3.05, 3.63) is 77.3 Å². The van der Waals surface area contributed by atoms with Gasteiger partial charge in [0.05, 0.1) is 31.2 Å². The number of imidazole rings is 1. The monoisotopic (exact) mass is 391 g/mol. The Bertz CT molecular complexity index is 1160. The number of hydroxylamine groups is 3. The van der Waals surface area contributed by atoms with Crippen molar-refractivity contribution in [2.75, 3.05) is 14.1 Å². The number of nitrogens with zero attached hydrogens (tertiary/aromatic N) is 5. The maximum Gasteiger partial charge on any atom is 0.138 e. The van der Waals surface area contributed by atoms with Crippen LogP contribution in [0.3, 0.4) is 0 Å². The summed E-state index contributed by atoms with van der Waals surface area (Å²) >= 11 is 0. The zero-order valence-electron chi connectivity index (χ0n) is 16.6. The molecule has 0 aliphatic carbocycles. The largest absolute Gasteiger partial charge is 0.633 e. The van der Waals surface area contributed by atoms with Gasteiger partial charge in [-0.25, -0.2) is 19.3 Å². The average molecular weight is 391 g/mol. The smallest absolute Gasteiger partial charge is 0.138 e. The van der Waals surface area contributed by atoms with Crippen LogP contribution in [0, 0.1) is 11.0 Å². The average Bonchev–Trinajstić information content (AvgIpc) is 3.06. The molecule has 3 heterocycles. The number of hydrogen-bond donors (Lipinski definition) is 0. The number of benzene rings is 1. The molecule has 4 aromatic rings. The highest BCUT2D eigenvalue weighted by Crippen LogP contribution is 2.32. The molecule has 0 aliphatic rings. The molecule has 0 bridgehead atoms. The van der Waals surface area contributed by atoms with E-state index in [1.54, 1.807) is 32.4 Å². The van der Waals surface area contributed by atoms with Gasteiger partial charge >= 0.3 is 0 Å². The molecule has 0 spiro atoms. The third-order valence-electron chi connectivity index (χ3n) is 4.64. The van der Waals surface area contributed by atoms with Crippen LogP contribution in [0.4, 0.5) is 4.39 Å². The van der Waals surface area contributed by atoms with E-state index in [4.69, 9.17) is 4.98 Å². The van der Waals surface area contributed by atoms with E-state index in [1.165, 1.54) is 12.1 Å². The van der Waals surface area contributed by atoms with Gasteiger partial charge in [-0.2, -0.15) is 0 Å². The minimum atomic E-state index is -0.416. The van der Waals surface area contributed by atoms with Crippen molar-refractivity contribution in [1.82, 2.24) is 19.4 Å². The summed E-state index contributed by atoms with van der Waals surface area (Å²) in [5.41, 5.74) is 4.67. The van der Waals surface area contributed by atoms with Crippen molar-refractivity contribution in [3.8, 4) is 22.6 Å². The predicted octanol–water partition coefficient (Wildman–Crippen LogP) is 4.23. The fourth-order valence-electron chi connectivity index (χ4n) is 3.38. The van der Waals surface area contributed by atoms with E-state index < -0.39 is 4.65 Å². The molecule has 3 aromatic heterocycles. The highest BCUT2D eigenvalue weighted by atomic mass is 19.1.